The van der Waals surface area contributed by atoms with Crippen LogP contribution in [-0.2, 0) is 19.1 Å². The van der Waals surface area contributed by atoms with Crippen LogP contribution in [0.15, 0.2) is 42.5 Å². The van der Waals surface area contributed by atoms with Gasteiger partial charge in [-0.25, -0.2) is 4.79 Å². The van der Waals surface area contributed by atoms with Gasteiger partial charge in [0, 0.05) is 12.5 Å². The lowest BCUT2D eigenvalue weighted by molar-refractivity contribution is -0.160. The lowest BCUT2D eigenvalue weighted by atomic mass is 10.0. The molecule has 146 valence electrons. The first-order valence-corrected chi connectivity index (χ1v) is 10.00. The van der Waals surface area contributed by atoms with Gasteiger partial charge in [-0.05, 0) is 36.2 Å². The molecule has 7 heteroatoms. The van der Waals surface area contributed by atoms with Crippen molar-refractivity contribution in [2.75, 3.05) is 6.54 Å². The van der Waals surface area contributed by atoms with Crippen molar-refractivity contribution in [1.82, 2.24) is 5.32 Å². The Morgan fingerprint density at radius 2 is 1.89 bits per heavy atom. The number of fused-ring (bicyclic) bond motifs is 1. The summed E-state index contributed by atoms with van der Waals surface area (Å²) in [6.07, 6.45) is 1.12. The highest BCUT2D eigenvalue weighted by atomic mass is 32.2. The first kappa shape index (κ1) is 20.2. The second-order valence-corrected chi connectivity index (χ2v) is 8.05. The highest BCUT2D eigenvalue weighted by molar-refractivity contribution is 8.14. The summed E-state index contributed by atoms with van der Waals surface area (Å²) in [5.74, 6) is -1.77. The maximum absolute atomic E-state index is 12.9. The van der Waals surface area contributed by atoms with E-state index in [1.54, 1.807) is 12.1 Å². The summed E-state index contributed by atoms with van der Waals surface area (Å²) < 4.78 is 4.89. The van der Waals surface area contributed by atoms with Crippen LogP contribution in [0.1, 0.15) is 36.5 Å². The monoisotopic (exact) mass is 399 g/mol. The predicted molar refractivity (Wildman–Crippen MR) is 107 cm³/mol. The first-order valence-electron chi connectivity index (χ1n) is 9.12. The van der Waals surface area contributed by atoms with Crippen LogP contribution in [0.25, 0.3) is 10.8 Å². The summed E-state index contributed by atoms with van der Waals surface area (Å²) in [6.45, 7) is 2.04. The molecule has 3 rings (SSSR count). The van der Waals surface area contributed by atoms with Gasteiger partial charge in [-0.3, -0.25) is 14.4 Å². The average molecular weight is 399 g/mol. The van der Waals surface area contributed by atoms with Crippen LogP contribution >= 0.6 is 11.8 Å². The molecule has 6 nitrogen and oxygen atoms in total. The van der Waals surface area contributed by atoms with Gasteiger partial charge >= 0.3 is 11.9 Å². The Bertz CT molecular complexity index is 920. The highest BCUT2D eigenvalue weighted by Gasteiger charge is 2.30. The summed E-state index contributed by atoms with van der Waals surface area (Å²) in [7, 11) is 0. The van der Waals surface area contributed by atoms with E-state index in [9.17, 15) is 19.2 Å². The lowest BCUT2D eigenvalue weighted by Crippen LogP contribution is -2.35. The molecule has 1 fully saturated rings. The molecule has 2 atom stereocenters. The molecule has 0 radical (unpaired) electrons. The molecule has 0 spiro atoms. The standard InChI is InChI=1S/C21H21NO5S/c1-13(23)28-18(12-19(24)27-21(26)17-7-4-10-22-17)20(25)16-9-8-14-5-2-3-6-15(14)11-16/h2-3,5-6,8-9,11,17-18,22H,4,7,10,12H2,1H3/t17-,18?/m0/s1. The predicted octanol–water partition coefficient (Wildman–Crippen LogP) is 2.88. The Morgan fingerprint density at radius 3 is 2.57 bits per heavy atom. The van der Waals surface area contributed by atoms with Gasteiger partial charge in [-0.1, -0.05) is 48.2 Å². The van der Waals surface area contributed by atoms with Gasteiger partial charge in [0.15, 0.2) is 10.9 Å². The largest absolute Gasteiger partial charge is 0.392 e. The van der Waals surface area contributed by atoms with Crippen LogP contribution in [0.2, 0.25) is 0 Å². The van der Waals surface area contributed by atoms with Gasteiger partial charge < -0.3 is 10.1 Å². The zero-order valence-electron chi connectivity index (χ0n) is 15.5. The Balaban J connectivity index is 1.72. The van der Waals surface area contributed by atoms with Gasteiger partial charge in [-0.15, -0.1) is 0 Å². The third-order valence-corrected chi connectivity index (χ3v) is 5.54. The van der Waals surface area contributed by atoms with Crippen molar-refractivity contribution in [3.05, 3.63) is 48.0 Å². The van der Waals surface area contributed by atoms with Crippen LogP contribution in [0, 0.1) is 0 Å². The zero-order valence-corrected chi connectivity index (χ0v) is 16.3. The van der Waals surface area contributed by atoms with Crippen molar-refractivity contribution in [3.8, 4) is 0 Å². The van der Waals surface area contributed by atoms with E-state index in [-0.39, 0.29) is 17.3 Å². The number of carbonyl (C=O) groups is 4. The van der Waals surface area contributed by atoms with E-state index in [1.807, 2.05) is 30.3 Å². The van der Waals surface area contributed by atoms with Gasteiger partial charge in [-0.2, -0.15) is 0 Å². The number of nitrogens with one attached hydrogen (secondary N) is 1. The number of esters is 2. The molecule has 1 N–H and O–H groups in total. The molecule has 0 bridgehead atoms. The van der Waals surface area contributed by atoms with Crippen molar-refractivity contribution in [1.29, 1.82) is 0 Å². The molecule has 1 heterocycles. The molecule has 1 aliphatic rings. The van der Waals surface area contributed by atoms with E-state index < -0.39 is 23.2 Å². The van der Waals surface area contributed by atoms with Crippen molar-refractivity contribution in [2.24, 2.45) is 0 Å². The minimum absolute atomic E-state index is 0.282. The minimum atomic E-state index is -0.935. The number of Topliss-reactive ketones (excluding diaryl/α,β-unsaturated/α-hetero) is 1. The van der Waals surface area contributed by atoms with E-state index in [4.69, 9.17) is 4.74 Å². The number of benzene rings is 2. The Morgan fingerprint density at radius 1 is 1.14 bits per heavy atom. The number of ether oxygens (including phenoxy) is 1. The lowest BCUT2D eigenvalue weighted by Gasteiger charge is -2.14. The van der Waals surface area contributed by atoms with Crippen LogP contribution < -0.4 is 5.32 Å². The Labute approximate surface area is 167 Å². The SMILES string of the molecule is CC(=O)SC(CC(=O)OC(=O)[C@@H]1CCCN1)C(=O)c1ccc2ccccc2c1. The Hall–Kier alpha value is -2.51. The zero-order chi connectivity index (χ0) is 20.1. The highest BCUT2D eigenvalue weighted by Crippen LogP contribution is 2.24. The number of carbonyl (C=O) groups excluding carboxylic acids is 4. The molecule has 0 aromatic heterocycles. The smallest absolute Gasteiger partial charge is 0.330 e. The van der Waals surface area contributed by atoms with Crippen molar-refractivity contribution in [2.45, 2.75) is 37.5 Å². The van der Waals surface area contributed by atoms with Crippen LogP contribution in [0.4, 0.5) is 0 Å². The van der Waals surface area contributed by atoms with Crippen LogP contribution in [0.3, 0.4) is 0 Å². The summed E-state index contributed by atoms with van der Waals surface area (Å²) >= 11 is 0.779. The molecule has 0 amide bonds. The van der Waals surface area contributed by atoms with E-state index >= 15 is 0 Å². The molecule has 1 saturated heterocycles. The number of hydrogen-bond acceptors (Lipinski definition) is 7. The van der Waals surface area contributed by atoms with Crippen LogP contribution in [-0.4, -0.2) is 40.7 Å². The summed E-state index contributed by atoms with van der Waals surface area (Å²) in [4.78, 5) is 48.7. The quantitative estimate of drug-likeness (QED) is 0.454. The molecule has 0 aliphatic carbocycles. The molecular weight excluding hydrogens is 378 g/mol. The fraction of sp³-hybridized carbons (Fsp3) is 0.333. The maximum atomic E-state index is 12.9. The number of ketones is 1. The number of hydrogen-bond donors (Lipinski definition) is 1. The average Bonchev–Trinajstić information content (AvgIpc) is 3.21. The van der Waals surface area contributed by atoms with Gasteiger partial charge in [0.05, 0.1) is 11.7 Å². The van der Waals surface area contributed by atoms with E-state index in [0.717, 1.165) is 29.0 Å². The molecule has 28 heavy (non-hydrogen) atoms. The van der Waals surface area contributed by atoms with Gasteiger partial charge in [0.1, 0.15) is 6.04 Å². The van der Waals surface area contributed by atoms with E-state index in [1.165, 1.54) is 6.92 Å². The number of rotatable bonds is 6. The molecule has 0 saturated carbocycles. The second-order valence-electron chi connectivity index (χ2n) is 6.67. The maximum Gasteiger partial charge on any atom is 0.330 e. The van der Waals surface area contributed by atoms with Crippen molar-refractivity contribution < 1.29 is 23.9 Å². The van der Waals surface area contributed by atoms with Crippen LogP contribution in [0.5, 0.6) is 0 Å². The second kappa shape index (κ2) is 9.12. The fourth-order valence-electron chi connectivity index (χ4n) is 3.18. The molecule has 1 aliphatic heterocycles. The summed E-state index contributed by atoms with van der Waals surface area (Å²) in [6, 6.07) is 12.4. The normalized spacial score (nSPS) is 17.2. The molecule has 2 aromatic carbocycles. The van der Waals surface area contributed by atoms with E-state index in [2.05, 4.69) is 5.32 Å². The third kappa shape index (κ3) is 5.05. The van der Waals surface area contributed by atoms with Gasteiger partial charge in [0.25, 0.3) is 0 Å². The topological polar surface area (TPSA) is 89.5 Å². The van der Waals surface area contributed by atoms with Crippen molar-refractivity contribution in [3.63, 3.8) is 0 Å². The summed E-state index contributed by atoms with van der Waals surface area (Å²) in [5.41, 5.74) is 0.411. The first-order chi connectivity index (χ1) is 13.4. The van der Waals surface area contributed by atoms with Crippen molar-refractivity contribution >= 4 is 45.4 Å². The fourth-order valence-corrected chi connectivity index (χ4v) is 4.04. The van der Waals surface area contributed by atoms with E-state index in [0.29, 0.717) is 18.5 Å². The third-order valence-electron chi connectivity index (χ3n) is 4.55. The number of thioether (sulfide) groups is 1. The minimum Gasteiger partial charge on any atom is -0.392 e. The molecular formula is C21H21NO5S. The Kier molecular flexibility index (Phi) is 6.59. The van der Waals surface area contributed by atoms with Gasteiger partial charge in [0.2, 0.25) is 0 Å². The molecule has 1 unspecified atom stereocenters. The summed E-state index contributed by atoms with van der Waals surface area (Å²) in [5, 5.41) is 3.63. The molecule has 2 aromatic rings.